The van der Waals surface area contributed by atoms with Crippen LogP contribution in [0.5, 0.6) is 0 Å². The van der Waals surface area contributed by atoms with Crippen molar-refractivity contribution in [3.05, 3.63) is 339 Å². The van der Waals surface area contributed by atoms with E-state index in [1.807, 2.05) is 0 Å². The lowest BCUT2D eigenvalue weighted by Crippen LogP contribution is -2.12. The molecule has 6 heterocycles. The van der Waals surface area contributed by atoms with Crippen LogP contribution in [0.25, 0.3) is 160 Å². The van der Waals surface area contributed by atoms with Gasteiger partial charge in [0.15, 0.2) is 0 Å². The van der Waals surface area contributed by atoms with Gasteiger partial charge in [-0.15, -0.1) is 0 Å². The maximum atomic E-state index is 2.57. The van der Waals surface area contributed by atoms with Crippen LogP contribution in [0.3, 0.4) is 0 Å². The molecular weight excluding hydrogens is 1180 g/mol. The number of nitrogens with zero attached hydrogens (tertiary/aromatic N) is 7. The van der Waals surface area contributed by atoms with Gasteiger partial charge >= 0.3 is 0 Å². The molecule has 0 saturated carbocycles. The quantitative estimate of drug-likeness (QED) is 0.142. The first-order chi connectivity index (χ1) is 48.2. The largest absolute Gasteiger partial charge is 0.310 e. The third kappa shape index (κ3) is 7.73. The summed E-state index contributed by atoms with van der Waals surface area (Å²) < 4.78 is 15.1. The summed E-state index contributed by atoms with van der Waals surface area (Å²) in [5.41, 5.74) is 25.2. The molecule has 7 heteroatoms. The highest BCUT2D eigenvalue weighted by atomic mass is 15.2. The molecule has 21 rings (SSSR count). The molecule has 1 aliphatic carbocycles. The number of para-hydroxylation sites is 8. The zero-order valence-corrected chi connectivity index (χ0v) is 52.8. The molecule has 0 aliphatic heterocycles. The average Bonchev–Trinajstić information content (AvgIpc) is 1.56. The van der Waals surface area contributed by atoms with Crippen LogP contribution in [0.1, 0.15) is 17.7 Å². The Morgan fingerprint density at radius 1 is 0.216 bits per heavy atom. The van der Waals surface area contributed by atoms with Crippen LogP contribution < -0.4 is 4.90 Å². The van der Waals surface area contributed by atoms with E-state index in [0.717, 1.165) is 86.1 Å². The fourth-order valence-electron chi connectivity index (χ4n) is 16.9. The first-order valence-electron chi connectivity index (χ1n) is 33.6. The van der Waals surface area contributed by atoms with E-state index >= 15 is 0 Å². The molecule has 7 nitrogen and oxygen atoms in total. The zero-order chi connectivity index (χ0) is 63.4. The number of aryl methyl sites for hydroxylation is 1. The number of hydrogen-bond acceptors (Lipinski definition) is 1. The Hall–Kier alpha value is -12.8. The number of aromatic nitrogens is 6. The second-order valence-electron chi connectivity index (χ2n) is 25.9. The summed E-state index contributed by atoms with van der Waals surface area (Å²) in [6, 6.07) is 119. The SMILES string of the molecule is C1=Cc2c(c3ccc4c5ccccc5n(-c5ccccc5)c4c3n2-c2cccc(N(c3cccc(-n4c5ccccc5c5ccc6c7ccccc7n(-c7ccccc7)c6c54)c3)c3cccc(-n4c5ccccc5c5ccc6c7ccccc7n(-c7ccccc7)c6c54)c3)c2)CC1. The van der Waals surface area contributed by atoms with Crippen LogP contribution in [0.15, 0.2) is 328 Å². The van der Waals surface area contributed by atoms with Crippen LogP contribution in [0.2, 0.25) is 0 Å². The number of rotatable bonds is 9. The zero-order valence-electron chi connectivity index (χ0n) is 52.8. The smallest absolute Gasteiger partial charge is 0.0788 e. The van der Waals surface area contributed by atoms with Crippen LogP contribution >= 0.6 is 0 Å². The Kier molecular flexibility index (Phi) is 11.5. The standard InChI is InChI=1S/C90H59N7/c1-4-25-58(26-5-1)92-79-43-16-10-37-67(79)73-49-52-76-70-40-13-19-46-82(70)95(88(76)85(73)92)64-34-22-31-61(55-64)91(62-32-23-35-65(56-62)96-83-47-20-14-41-71(83)77-53-50-74-68-38-11-17-44-80(68)93(86(74)89(77)96)59-27-6-2-7-28-59)63-33-24-36-66(57-63)97-84-48-21-15-42-72(84)78-54-51-75-69-39-12-18-45-81(69)94(87(75)90(78)97)60-29-8-3-9-30-60/h1-14,16-41,43-57H,15,42H2. The summed E-state index contributed by atoms with van der Waals surface area (Å²) in [6.07, 6.45) is 6.68. The molecule has 0 N–H and O–H groups in total. The van der Waals surface area contributed by atoms with Crippen molar-refractivity contribution in [1.29, 1.82) is 0 Å². The van der Waals surface area contributed by atoms with E-state index in [1.54, 1.807) is 0 Å². The van der Waals surface area contributed by atoms with Gasteiger partial charge in [-0.2, -0.15) is 0 Å². The maximum Gasteiger partial charge on any atom is 0.0788 e. The molecule has 0 radical (unpaired) electrons. The average molecular weight is 1240 g/mol. The van der Waals surface area contributed by atoms with E-state index in [-0.39, 0.29) is 0 Å². The van der Waals surface area contributed by atoms with Gasteiger partial charge in [0.05, 0.1) is 60.7 Å². The molecule has 0 fully saturated rings. The molecular formula is C90H59N7. The molecule has 0 atom stereocenters. The van der Waals surface area contributed by atoms with Crippen molar-refractivity contribution in [2.24, 2.45) is 0 Å². The van der Waals surface area contributed by atoms with Gasteiger partial charge in [0, 0.05) is 116 Å². The van der Waals surface area contributed by atoms with E-state index in [0.29, 0.717) is 0 Å². The van der Waals surface area contributed by atoms with Gasteiger partial charge in [0.25, 0.3) is 0 Å². The fourth-order valence-corrected chi connectivity index (χ4v) is 16.9. The van der Waals surface area contributed by atoms with E-state index in [2.05, 4.69) is 366 Å². The van der Waals surface area contributed by atoms with Gasteiger partial charge in [0.2, 0.25) is 0 Å². The van der Waals surface area contributed by atoms with E-state index in [1.165, 1.54) is 109 Å². The number of anilines is 3. The molecule has 454 valence electrons. The molecule has 0 unspecified atom stereocenters. The molecule has 20 aromatic rings. The molecule has 6 aromatic heterocycles. The highest BCUT2D eigenvalue weighted by Crippen LogP contribution is 2.48. The highest BCUT2D eigenvalue weighted by Gasteiger charge is 2.28. The second-order valence-corrected chi connectivity index (χ2v) is 25.9. The summed E-state index contributed by atoms with van der Waals surface area (Å²) in [5, 5.41) is 13.4. The van der Waals surface area contributed by atoms with Crippen LogP contribution in [0.4, 0.5) is 17.1 Å². The van der Waals surface area contributed by atoms with Crippen molar-refractivity contribution < 1.29 is 0 Å². The summed E-state index contributed by atoms with van der Waals surface area (Å²) in [4.78, 5) is 2.50. The molecule has 97 heavy (non-hydrogen) atoms. The van der Waals surface area contributed by atoms with Gasteiger partial charge < -0.3 is 32.3 Å². The van der Waals surface area contributed by atoms with Gasteiger partial charge in [-0.25, -0.2) is 0 Å². The third-order valence-electron chi connectivity index (χ3n) is 20.8. The molecule has 14 aromatic carbocycles. The van der Waals surface area contributed by atoms with Gasteiger partial charge in [-0.05, 0) is 146 Å². The van der Waals surface area contributed by atoms with Crippen molar-refractivity contribution in [2.45, 2.75) is 12.8 Å². The van der Waals surface area contributed by atoms with E-state index < -0.39 is 0 Å². The summed E-state index contributed by atoms with van der Waals surface area (Å²) in [6.45, 7) is 0. The van der Waals surface area contributed by atoms with Crippen LogP contribution in [-0.4, -0.2) is 27.4 Å². The minimum Gasteiger partial charge on any atom is -0.310 e. The monoisotopic (exact) mass is 1240 g/mol. The predicted molar refractivity (Wildman–Crippen MR) is 407 cm³/mol. The van der Waals surface area contributed by atoms with Gasteiger partial charge in [-0.3, -0.25) is 0 Å². The Balaban J connectivity index is 0.844. The van der Waals surface area contributed by atoms with Gasteiger partial charge in [-0.1, -0.05) is 206 Å². The number of allylic oxidation sites excluding steroid dienone is 1. The second kappa shape index (κ2) is 20.8. The Morgan fingerprint density at radius 2 is 0.485 bits per heavy atom. The van der Waals surface area contributed by atoms with E-state index in [4.69, 9.17) is 0 Å². The summed E-state index contributed by atoms with van der Waals surface area (Å²) >= 11 is 0. The lowest BCUT2D eigenvalue weighted by Gasteiger charge is -2.28. The van der Waals surface area contributed by atoms with Crippen molar-refractivity contribution >= 4 is 143 Å². The van der Waals surface area contributed by atoms with Crippen LogP contribution in [-0.2, 0) is 6.42 Å². The molecule has 1 aliphatic rings. The predicted octanol–water partition coefficient (Wildman–Crippen LogP) is 23.5. The minimum atomic E-state index is 0.958. The number of hydrogen-bond donors (Lipinski definition) is 0. The molecule has 0 saturated heterocycles. The first kappa shape index (κ1) is 53.6. The molecule has 0 amide bonds. The molecule has 0 spiro atoms. The summed E-state index contributed by atoms with van der Waals surface area (Å²) in [5.74, 6) is 0. The third-order valence-corrected chi connectivity index (χ3v) is 20.8. The Morgan fingerprint density at radius 3 is 0.825 bits per heavy atom. The Bertz CT molecular complexity index is 6410. The minimum absolute atomic E-state index is 0.958. The molecule has 0 bridgehead atoms. The fraction of sp³-hybridized carbons (Fsp3) is 0.0222. The van der Waals surface area contributed by atoms with Crippen molar-refractivity contribution in [2.75, 3.05) is 4.90 Å². The lowest BCUT2D eigenvalue weighted by atomic mass is 10.00. The van der Waals surface area contributed by atoms with E-state index in [9.17, 15) is 0 Å². The van der Waals surface area contributed by atoms with Crippen molar-refractivity contribution in [1.82, 2.24) is 27.4 Å². The van der Waals surface area contributed by atoms with Crippen molar-refractivity contribution in [3.8, 4) is 34.1 Å². The number of fused-ring (bicyclic) bond motifs is 21. The highest BCUT2D eigenvalue weighted by molar-refractivity contribution is 6.26. The summed E-state index contributed by atoms with van der Waals surface area (Å²) in [7, 11) is 0. The van der Waals surface area contributed by atoms with Crippen molar-refractivity contribution in [3.63, 3.8) is 0 Å². The normalized spacial score (nSPS) is 12.6. The topological polar surface area (TPSA) is 32.8 Å². The maximum absolute atomic E-state index is 2.57. The lowest BCUT2D eigenvalue weighted by molar-refractivity contribution is 0.967. The Labute approximate surface area is 557 Å². The van der Waals surface area contributed by atoms with Gasteiger partial charge in [0.1, 0.15) is 0 Å². The number of benzene rings is 14. The van der Waals surface area contributed by atoms with Crippen LogP contribution in [0, 0.1) is 0 Å². The first-order valence-corrected chi connectivity index (χ1v) is 33.6.